The third-order valence-corrected chi connectivity index (χ3v) is 5.10. The van der Waals surface area contributed by atoms with Crippen LogP contribution in [0.5, 0.6) is 0 Å². The molecule has 0 spiro atoms. The Morgan fingerprint density at radius 3 is 2.29 bits per heavy atom. The van der Waals surface area contributed by atoms with Gasteiger partial charge in [0.25, 0.3) is 0 Å². The van der Waals surface area contributed by atoms with Crippen LogP contribution in [0.25, 0.3) is 0 Å². The van der Waals surface area contributed by atoms with E-state index in [9.17, 15) is 21.4 Å². The molecule has 0 saturated heterocycles. The first kappa shape index (κ1) is 21.7. The van der Waals surface area contributed by atoms with E-state index in [1.807, 2.05) is 0 Å². The minimum Gasteiger partial charge on any atom is -0.748 e. The second kappa shape index (κ2) is 9.14. The summed E-state index contributed by atoms with van der Waals surface area (Å²) in [6.45, 7) is 0.491. The van der Waals surface area contributed by atoms with Gasteiger partial charge in [-0.05, 0) is 19.3 Å². The molecule has 0 aliphatic heterocycles. The van der Waals surface area contributed by atoms with Gasteiger partial charge >= 0.3 is 29.6 Å². The Hall–Kier alpha value is 0.740. The van der Waals surface area contributed by atoms with Crippen LogP contribution in [-0.4, -0.2) is 65.4 Å². The van der Waals surface area contributed by atoms with Crippen LogP contribution in [0.4, 0.5) is 0 Å². The Labute approximate surface area is 148 Å². The molecule has 0 amide bonds. The molecule has 0 heterocycles. The summed E-state index contributed by atoms with van der Waals surface area (Å²) in [7, 11) is -6.51. The smallest absolute Gasteiger partial charge is 0.748 e. The van der Waals surface area contributed by atoms with Gasteiger partial charge in [-0.1, -0.05) is 0 Å². The van der Waals surface area contributed by atoms with E-state index in [4.69, 9.17) is 9.47 Å². The first-order valence-electron chi connectivity index (χ1n) is 6.16. The minimum atomic E-state index is -4.55. The Morgan fingerprint density at radius 1 is 1.19 bits per heavy atom. The van der Waals surface area contributed by atoms with Crippen molar-refractivity contribution in [2.45, 2.75) is 36.7 Å². The van der Waals surface area contributed by atoms with E-state index in [2.05, 4.69) is 4.72 Å². The number of nitrogens with one attached hydrogen (secondary N) is 1. The van der Waals surface area contributed by atoms with Crippen LogP contribution in [0.3, 0.4) is 0 Å². The van der Waals surface area contributed by atoms with Crippen LogP contribution in [0.2, 0.25) is 0 Å². The molecule has 0 aromatic carbocycles. The molecule has 1 fully saturated rings. The average molecular weight is 353 g/mol. The molecular weight excluding hydrogens is 333 g/mol. The number of methoxy groups -OCH3 is 1. The molecule has 1 N–H and O–H groups in total. The Morgan fingerprint density at radius 2 is 1.81 bits per heavy atom. The van der Waals surface area contributed by atoms with Gasteiger partial charge in [0.1, 0.15) is 10.1 Å². The van der Waals surface area contributed by atoms with Crippen LogP contribution in [0, 0.1) is 0 Å². The molecular formula is C10H20NNaO7S2. The number of hydrogen-bond donors (Lipinski definition) is 1. The molecule has 1 aliphatic rings. The maximum Gasteiger partial charge on any atom is 1.00 e. The summed E-state index contributed by atoms with van der Waals surface area (Å²) in [6, 6.07) is -0.555. The Bertz CT molecular complexity index is 507. The summed E-state index contributed by atoms with van der Waals surface area (Å²) in [5.74, 6) is 0. The Kier molecular flexibility index (Phi) is 9.46. The summed E-state index contributed by atoms with van der Waals surface area (Å²) < 4.78 is 68.7. The second-order valence-corrected chi connectivity index (χ2v) is 8.20. The normalized spacial score (nSPS) is 27.1. The van der Waals surface area contributed by atoms with E-state index in [-0.39, 0.29) is 42.6 Å². The molecule has 3 atom stereocenters. The number of rotatable bonds is 7. The zero-order chi connectivity index (χ0) is 15.4. The van der Waals surface area contributed by atoms with Gasteiger partial charge in [0, 0.05) is 13.2 Å². The van der Waals surface area contributed by atoms with Crippen molar-refractivity contribution in [1.29, 1.82) is 0 Å². The predicted octanol–water partition coefficient (Wildman–Crippen LogP) is -3.96. The molecule has 0 bridgehead atoms. The van der Waals surface area contributed by atoms with Crippen molar-refractivity contribution < 1.29 is 60.4 Å². The summed E-state index contributed by atoms with van der Waals surface area (Å²) >= 11 is 0. The van der Waals surface area contributed by atoms with E-state index in [1.165, 1.54) is 7.11 Å². The quantitative estimate of drug-likeness (QED) is 0.281. The topological polar surface area (TPSA) is 122 Å². The molecule has 1 rings (SSSR count). The second-order valence-electron chi connectivity index (χ2n) is 4.83. The van der Waals surface area contributed by atoms with Gasteiger partial charge < -0.3 is 14.0 Å². The number of hydrogen-bond acceptors (Lipinski definition) is 7. The van der Waals surface area contributed by atoms with E-state index in [1.54, 1.807) is 0 Å². The van der Waals surface area contributed by atoms with Gasteiger partial charge in [-0.25, -0.2) is 21.6 Å². The molecule has 0 radical (unpaired) electrons. The first-order chi connectivity index (χ1) is 9.13. The maximum atomic E-state index is 11.3. The van der Waals surface area contributed by atoms with Gasteiger partial charge in [-0.3, -0.25) is 0 Å². The predicted molar refractivity (Wildman–Crippen MR) is 70.7 cm³/mol. The minimum absolute atomic E-state index is 0. The van der Waals surface area contributed by atoms with Gasteiger partial charge in [-0.15, -0.1) is 0 Å². The molecule has 0 aromatic rings. The van der Waals surface area contributed by atoms with E-state index in [0.29, 0.717) is 19.4 Å². The van der Waals surface area contributed by atoms with Gasteiger partial charge in [0.05, 0.1) is 30.8 Å². The van der Waals surface area contributed by atoms with Crippen LogP contribution < -0.4 is 34.3 Å². The summed E-state index contributed by atoms with van der Waals surface area (Å²) in [6.07, 6.45) is 0.941. The number of sulfonamides is 1. The average Bonchev–Trinajstić information content (AvgIpc) is 2.27. The first-order valence-corrected chi connectivity index (χ1v) is 9.52. The molecule has 1 saturated carbocycles. The monoisotopic (exact) mass is 353 g/mol. The van der Waals surface area contributed by atoms with Gasteiger partial charge in [0.15, 0.2) is 0 Å². The van der Waals surface area contributed by atoms with E-state index in [0.717, 1.165) is 6.26 Å². The SMILES string of the molecule is COCCOC1CCC(NS(C)(=O)=O)CC1S(=O)(=O)[O-].[Na+]. The van der Waals surface area contributed by atoms with Gasteiger partial charge in [0.2, 0.25) is 10.0 Å². The van der Waals surface area contributed by atoms with Crippen LogP contribution in [0.15, 0.2) is 0 Å². The van der Waals surface area contributed by atoms with Crippen molar-refractivity contribution in [3.05, 3.63) is 0 Å². The summed E-state index contributed by atoms with van der Waals surface area (Å²) in [5.41, 5.74) is 0. The van der Waals surface area contributed by atoms with Crippen LogP contribution in [0.1, 0.15) is 19.3 Å². The zero-order valence-electron chi connectivity index (χ0n) is 12.4. The fraction of sp³-hybridized carbons (Fsp3) is 1.00. The van der Waals surface area contributed by atoms with E-state index < -0.39 is 37.5 Å². The standard InChI is InChI=1S/C10H21NO7S2.Na/c1-17-5-6-18-9-4-3-8(11-19(2,12)13)7-10(9)20(14,15)16;/h8-11H,3-7H2,1-2H3,(H,14,15,16);/q;+1/p-1. The van der Waals surface area contributed by atoms with Crippen molar-refractivity contribution in [2.75, 3.05) is 26.6 Å². The zero-order valence-corrected chi connectivity index (χ0v) is 16.1. The summed E-state index contributed by atoms with van der Waals surface area (Å²) in [4.78, 5) is 0. The van der Waals surface area contributed by atoms with Crippen molar-refractivity contribution in [3.63, 3.8) is 0 Å². The molecule has 11 heteroatoms. The maximum absolute atomic E-state index is 11.3. The molecule has 8 nitrogen and oxygen atoms in total. The Balaban J connectivity index is 0.00000400. The molecule has 3 unspecified atom stereocenters. The fourth-order valence-electron chi connectivity index (χ4n) is 2.29. The fourth-order valence-corrected chi connectivity index (χ4v) is 4.16. The van der Waals surface area contributed by atoms with Gasteiger partial charge in [-0.2, -0.15) is 0 Å². The molecule has 0 aromatic heterocycles. The van der Waals surface area contributed by atoms with E-state index >= 15 is 0 Å². The molecule has 120 valence electrons. The molecule has 21 heavy (non-hydrogen) atoms. The van der Waals surface area contributed by atoms with Crippen molar-refractivity contribution in [1.82, 2.24) is 4.72 Å². The van der Waals surface area contributed by atoms with Crippen molar-refractivity contribution >= 4 is 20.1 Å². The van der Waals surface area contributed by atoms with Crippen molar-refractivity contribution in [2.24, 2.45) is 0 Å². The summed E-state index contributed by atoms with van der Waals surface area (Å²) in [5, 5.41) is -1.24. The third kappa shape index (κ3) is 8.24. The van der Waals surface area contributed by atoms with Crippen LogP contribution in [-0.2, 0) is 29.6 Å². The van der Waals surface area contributed by atoms with Crippen molar-refractivity contribution in [3.8, 4) is 0 Å². The molecule has 1 aliphatic carbocycles. The largest absolute Gasteiger partial charge is 1.00 e. The van der Waals surface area contributed by atoms with Crippen LogP contribution >= 0.6 is 0 Å². The number of ether oxygens (including phenoxy) is 2. The third-order valence-electron chi connectivity index (χ3n) is 3.10.